The van der Waals surface area contributed by atoms with Crippen LogP contribution in [0, 0.1) is 5.41 Å². The van der Waals surface area contributed by atoms with Gasteiger partial charge < -0.3 is 10.6 Å². The van der Waals surface area contributed by atoms with Gasteiger partial charge in [-0.2, -0.15) is 11.8 Å². The van der Waals surface area contributed by atoms with E-state index in [1.54, 1.807) is 0 Å². The van der Waals surface area contributed by atoms with Crippen molar-refractivity contribution >= 4 is 41.7 Å². The fourth-order valence-corrected chi connectivity index (χ4v) is 3.47. The van der Waals surface area contributed by atoms with Gasteiger partial charge in [0, 0.05) is 24.4 Å². The van der Waals surface area contributed by atoms with E-state index in [4.69, 9.17) is 4.99 Å². The van der Waals surface area contributed by atoms with Gasteiger partial charge in [-0.15, -0.1) is 24.0 Å². The maximum atomic E-state index is 4.78. The van der Waals surface area contributed by atoms with Gasteiger partial charge in [0.05, 0.1) is 0 Å². The van der Waals surface area contributed by atoms with Crippen molar-refractivity contribution in [2.24, 2.45) is 10.4 Å². The molecule has 0 aromatic rings. The van der Waals surface area contributed by atoms with E-state index in [-0.39, 0.29) is 24.0 Å². The molecule has 0 spiro atoms. The zero-order valence-corrected chi connectivity index (χ0v) is 16.2. The maximum Gasteiger partial charge on any atom is 0.191 e. The average Bonchev–Trinajstić information content (AvgIpc) is 3.15. The second-order valence-corrected chi connectivity index (χ2v) is 7.51. The van der Waals surface area contributed by atoms with Crippen molar-refractivity contribution in [2.45, 2.75) is 63.7 Å². The van der Waals surface area contributed by atoms with Crippen LogP contribution in [0.2, 0.25) is 0 Å². The first-order chi connectivity index (χ1) is 9.15. The molecule has 2 rings (SSSR count). The number of aliphatic imine (C=N–C) groups is 1. The molecule has 0 bridgehead atoms. The molecule has 3 nitrogen and oxygen atoms in total. The molecule has 2 atom stereocenters. The number of hydrogen-bond donors (Lipinski definition) is 2. The molecule has 0 aromatic heterocycles. The van der Waals surface area contributed by atoms with Crippen molar-refractivity contribution in [2.75, 3.05) is 19.3 Å². The van der Waals surface area contributed by atoms with Crippen LogP contribution in [0.3, 0.4) is 0 Å². The molecule has 0 radical (unpaired) electrons. The highest BCUT2D eigenvalue weighted by atomic mass is 127. The fourth-order valence-electron chi connectivity index (χ4n) is 2.64. The molecule has 5 heteroatoms. The van der Waals surface area contributed by atoms with Gasteiger partial charge in [-0.25, -0.2) is 0 Å². The number of rotatable bonds is 5. The number of halogens is 1. The minimum atomic E-state index is 0. The van der Waals surface area contributed by atoms with E-state index in [9.17, 15) is 0 Å². The maximum absolute atomic E-state index is 4.78. The molecule has 2 fully saturated rings. The van der Waals surface area contributed by atoms with Gasteiger partial charge in [-0.1, -0.05) is 13.3 Å². The summed E-state index contributed by atoms with van der Waals surface area (Å²) in [7, 11) is 0. The van der Waals surface area contributed by atoms with E-state index < -0.39 is 0 Å². The Labute approximate surface area is 145 Å². The Hall–Kier alpha value is 0.350. The van der Waals surface area contributed by atoms with Crippen LogP contribution in [0.4, 0.5) is 0 Å². The highest BCUT2D eigenvalue weighted by Gasteiger charge is 2.37. The first-order valence-electron chi connectivity index (χ1n) is 7.73. The second kappa shape index (κ2) is 8.71. The lowest BCUT2D eigenvalue weighted by atomic mass is 9.95. The van der Waals surface area contributed by atoms with Crippen molar-refractivity contribution in [3.05, 3.63) is 0 Å². The third-order valence-corrected chi connectivity index (χ3v) is 5.46. The first kappa shape index (κ1) is 18.4. The number of nitrogens with one attached hydrogen (secondary N) is 2. The van der Waals surface area contributed by atoms with Crippen molar-refractivity contribution in [3.8, 4) is 0 Å². The summed E-state index contributed by atoms with van der Waals surface area (Å²) in [6, 6.07) is 0.607. The minimum Gasteiger partial charge on any atom is -0.357 e. The Kier molecular flexibility index (Phi) is 8.01. The predicted molar refractivity (Wildman–Crippen MR) is 101 cm³/mol. The fraction of sp³-hybridized carbons (Fsp3) is 0.933. The number of thioether (sulfide) groups is 1. The molecule has 0 aliphatic heterocycles. The Bertz CT molecular complexity index is 318. The molecule has 20 heavy (non-hydrogen) atoms. The van der Waals surface area contributed by atoms with Crippen LogP contribution in [-0.4, -0.2) is 36.6 Å². The number of hydrogen-bond acceptors (Lipinski definition) is 2. The number of nitrogens with zero attached hydrogens (tertiary/aromatic N) is 1. The van der Waals surface area contributed by atoms with Gasteiger partial charge in [0.25, 0.3) is 0 Å². The molecule has 2 aliphatic carbocycles. The lowest BCUT2D eigenvalue weighted by molar-refractivity contribution is 0.418. The van der Waals surface area contributed by atoms with Crippen LogP contribution >= 0.6 is 35.7 Å². The molecule has 0 amide bonds. The molecule has 2 aliphatic rings. The highest BCUT2D eigenvalue weighted by molar-refractivity contribution is 14.0. The van der Waals surface area contributed by atoms with Crippen molar-refractivity contribution < 1.29 is 0 Å². The molecular formula is C15H30IN3S. The van der Waals surface area contributed by atoms with Crippen LogP contribution in [0.1, 0.15) is 52.4 Å². The van der Waals surface area contributed by atoms with E-state index >= 15 is 0 Å². The third-order valence-electron chi connectivity index (χ3n) is 4.37. The average molecular weight is 411 g/mol. The Morgan fingerprint density at radius 2 is 2.10 bits per heavy atom. The zero-order chi connectivity index (χ0) is 13.7. The molecule has 2 N–H and O–H groups in total. The molecule has 118 valence electrons. The minimum absolute atomic E-state index is 0. The van der Waals surface area contributed by atoms with Gasteiger partial charge in [0.15, 0.2) is 5.96 Å². The summed E-state index contributed by atoms with van der Waals surface area (Å²) in [6.07, 6.45) is 10.2. The van der Waals surface area contributed by atoms with Crippen LogP contribution < -0.4 is 10.6 Å². The van der Waals surface area contributed by atoms with E-state index in [1.807, 2.05) is 11.8 Å². The van der Waals surface area contributed by atoms with Crippen molar-refractivity contribution in [3.63, 3.8) is 0 Å². The van der Waals surface area contributed by atoms with Gasteiger partial charge in [-0.3, -0.25) is 4.99 Å². The van der Waals surface area contributed by atoms with Crippen LogP contribution in [0.25, 0.3) is 0 Å². The quantitative estimate of drug-likeness (QED) is 0.412. The van der Waals surface area contributed by atoms with Crippen molar-refractivity contribution in [1.29, 1.82) is 0 Å². The summed E-state index contributed by atoms with van der Waals surface area (Å²) >= 11 is 2.02. The van der Waals surface area contributed by atoms with Crippen LogP contribution in [0.5, 0.6) is 0 Å². The monoisotopic (exact) mass is 411 g/mol. The van der Waals surface area contributed by atoms with E-state index in [1.165, 1.54) is 38.5 Å². The largest absolute Gasteiger partial charge is 0.357 e. The summed E-state index contributed by atoms with van der Waals surface area (Å²) < 4.78 is 0. The highest BCUT2D eigenvalue weighted by Crippen LogP contribution is 2.44. The van der Waals surface area contributed by atoms with Gasteiger partial charge in [0.1, 0.15) is 0 Å². The van der Waals surface area contributed by atoms with Gasteiger partial charge >= 0.3 is 0 Å². The normalized spacial score (nSPS) is 28.4. The smallest absolute Gasteiger partial charge is 0.191 e. The molecule has 2 unspecified atom stereocenters. The summed E-state index contributed by atoms with van der Waals surface area (Å²) in [4.78, 5) is 4.78. The SMILES string of the molecule is CCNC(=NCC1(C)CC1)NC1CCCC(SC)C1.I. The van der Waals surface area contributed by atoms with Crippen molar-refractivity contribution in [1.82, 2.24) is 10.6 Å². The lowest BCUT2D eigenvalue weighted by Gasteiger charge is -2.30. The molecule has 0 aromatic carbocycles. The Morgan fingerprint density at radius 1 is 1.35 bits per heavy atom. The van der Waals surface area contributed by atoms with E-state index in [2.05, 4.69) is 30.7 Å². The van der Waals surface area contributed by atoms with Gasteiger partial charge in [-0.05, 0) is 50.7 Å². The summed E-state index contributed by atoms with van der Waals surface area (Å²) in [5.41, 5.74) is 0.497. The van der Waals surface area contributed by atoms with Gasteiger partial charge in [0.2, 0.25) is 0 Å². The summed E-state index contributed by atoms with van der Waals surface area (Å²) in [5, 5.41) is 7.87. The first-order valence-corrected chi connectivity index (χ1v) is 9.01. The van der Waals surface area contributed by atoms with Crippen LogP contribution in [-0.2, 0) is 0 Å². The van der Waals surface area contributed by atoms with E-state index in [0.29, 0.717) is 11.5 Å². The molecular weight excluding hydrogens is 381 g/mol. The Balaban J connectivity index is 0.00000200. The molecule has 0 heterocycles. The topological polar surface area (TPSA) is 36.4 Å². The summed E-state index contributed by atoms with van der Waals surface area (Å²) in [6.45, 7) is 6.40. The molecule has 0 saturated heterocycles. The summed E-state index contributed by atoms with van der Waals surface area (Å²) in [5.74, 6) is 1.03. The second-order valence-electron chi connectivity index (χ2n) is 6.37. The van der Waals surface area contributed by atoms with Crippen LogP contribution in [0.15, 0.2) is 4.99 Å². The van der Waals surface area contributed by atoms with E-state index in [0.717, 1.165) is 24.3 Å². The predicted octanol–water partition coefficient (Wildman–Crippen LogP) is 3.63. The lowest BCUT2D eigenvalue weighted by Crippen LogP contribution is -2.45. The molecule has 2 saturated carbocycles. The Morgan fingerprint density at radius 3 is 2.70 bits per heavy atom. The number of guanidine groups is 1. The zero-order valence-electron chi connectivity index (χ0n) is 13.1. The standard InChI is InChI=1S/C15H29N3S.HI/c1-4-16-14(17-11-15(2)8-9-15)18-12-6-5-7-13(10-12)19-3;/h12-13H,4-11H2,1-3H3,(H2,16,17,18);1H. The third kappa shape index (κ3) is 6.00.